The third-order valence-electron chi connectivity index (χ3n) is 4.26. The Hall–Kier alpha value is -2.24. The van der Waals surface area contributed by atoms with Crippen molar-refractivity contribution in [2.75, 3.05) is 17.7 Å². The number of amides is 2. The number of methoxy groups -OCH3 is 1. The van der Waals surface area contributed by atoms with Crippen molar-refractivity contribution in [2.24, 2.45) is 11.8 Å². The largest absolute Gasteiger partial charge is 0.495 e. The second-order valence-electron chi connectivity index (χ2n) is 6.26. The van der Waals surface area contributed by atoms with Crippen LogP contribution in [0.25, 0.3) is 0 Å². The first kappa shape index (κ1) is 18.5. The normalized spacial score (nSPS) is 18.2. The molecule has 1 saturated carbocycles. The van der Waals surface area contributed by atoms with Crippen LogP contribution in [-0.2, 0) is 9.59 Å². The molecule has 1 aliphatic carbocycles. The Balaban J connectivity index is 1.61. The Bertz CT molecular complexity index is 870. The summed E-state index contributed by atoms with van der Waals surface area (Å²) in [6, 6.07) is 10.4. The molecule has 0 spiro atoms. The van der Waals surface area contributed by atoms with Crippen LogP contribution < -0.4 is 15.4 Å². The van der Waals surface area contributed by atoms with Gasteiger partial charge in [0.2, 0.25) is 11.8 Å². The molecule has 1 fully saturated rings. The van der Waals surface area contributed by atoms with Gasteiger partial charge < -0.3 is 15.4 Å². The van der Waals surface area contributed by atoms with Crippen molar-refractivity contribution in [2.45, 2.75) is 13.3 Å². The lowest BCUT2D eigenvalue weighted by Crippen LogP contribution is -2.20. The van der Waals surface area contributed by atoms with Gasteiger partial charge >= 0.3 is 0 Å². The second kappa shape index (κ2) is 7.56. The van der Waals surface area contributed by atoms with Crippen LogP contribution in [0.1, 0.15) is 12.0 Å². The molecular formula is C19H18Cl2N2O3. The van der Waals surface area contributed by atoms with Crippen LogP contribution in [-0.4, -0.2) is 18.9 Å². The molecule has 2 N–H and O–H groups in total. The number of ether oxygens (including phenoxy) is 1. The summed E-state index contributed by atoms with van der Waals surface area (Å²) in [6.45, 7) is 1.93. The zero-order chi connectivity index (χ0) is 18.8. The van der Waals surface area contributed by atoms with Gasteiger partial charge in [-0.25, -0.2) is 0 Å². The Morgan fingerprint density at radius 1 is 1.00 bits per heavy atom. The highest BCUT2D eigenvalue weighted by molar-refractivity contribution is 6.42. The molecule has 2 amide bonds. The van der Waals surface area contributed by atoms with E-state index in [4.69, 9.17) is 27.9 Å². The van der Waals surface area contributed by atoms with Gasteiger partial charge in [0.1, 0.15) is 5.75 Å². The summed E-state index contributed by atoms with van der Waals surface area (Å²) >= 11 is 11.8. The molecule has 26 heavy (non-hydrogen) atoms. The maximum atomic E-state index is 12.4. The zero-order valence-electron chi connectivity index (χ0n) is 14.3. The molecule has 0 aliphatic heterocycles. The first-order valence-corrected chi connectivity index (χ1v) is 8.86. The minimum Gasteiger partial charge on any atom is -0.495 e. The summed E-state index contributed by atoms with van der Waals surface area (Å²) in [7, 11) is 1.55. The number of rotatable bonds is 5. The number of nitrogens with one attached hydrogen (secondary N) is 2. The summed E-state index contributed by atoms with van der Waals surface area (Å²) in [4.78, 5) is 24.8. The van der Waals surface area contributed by atoms with Crippen LogP contribution in [0, 0.1) is 18.8 Å². The molecule has 2 aromatic carbocycles. The fourth-order valence-corrected chi connectivity index (χ4v) is 3.03. The summed E-state index contributed by atoms with van der Waals surface area (Å²) in [5, 5.41) is 6.39. The average Bonchev–Trinajstić information content (AvgIpc) is 3.39. The van der Waals surface area contributed by atoms with Crippen molar-refractivity contribution in [1.82, 2.24) is 0 Å². The number of hydrogen-bond donors (Lipinski definition) is 2. The predicted octanol–water partition coefficient (Wildman–Crippen LogP) is 4.52. The number of anilines is 2. The van der Waals surface area contributed by atoms with E-state index in [9.17, 15) is 9.59 Å². The number of aryl methyl sites for hydroxylation is 1. The third kappa shape index (κ3) is 4.11. The molecule has 0 radical (unpaired) electrons. The van der Waals surface area contributed by atoms with E-state index < -0.39 is 0 Å². The molecule has 0 aromatic heterocycles. The van der Waals surface area contributed by atoms with E-state index in [1.54, 1.807) is 31.4 Å². The van der Waals surface area contributed by atoms with Crippen molar-refractivity contribution in [3.63, 3.8) is 0 Å². The minimum absolute atomic E-state index is 0.191. The lowest BCUT2D eigenvalue weighted by atomic mass is 10.2. The Kier molecular flexibility index (Phi) is 5.39. The standard InChI is InChI=1S/C19H18Cl2N2O3/c1-10-3-6-17(26-2)16(7-10)23-19(25)13-9-12(13)18(24)22-11-4-5-14(20)15(21)8-11/h3-8,12-13H,9H2,1-2H3,(H,22,24)(H,23,25). The maximum Gasteiger partial charge on any atom is 0.228 e. The summed E-state index contributed by atoms with van der Waals surface area (Å²) in [5.41, 5.74) is 2.16. The molecule has 2 unspecified atom stereocenters. The molecule has 2 atom stereocenters. The Labute approximate surface area is 161 Å². The molecular weight excluding hydrogens is 375 g/mol. The number of carbonyl (C=O) groups is 2. The van der Waals surface area contributed by atoms with E-state index in [0.29, 0.717) is 33.6 Å². The van der Waals surface area contributed by atoms with Gasteiger partial charge in [-0.2, -0.15) is 0 Å². The van der Waals surface area contributed by atoms with E-state index >= 15 is 0 Å². The molecule has 0 heterocycles. The molecule has 136 valence electrons. The second-order valence-corrected chi connectivity index (χ2v) is 7.07. The molecule has 2 aromatic rings. The van der Waals surface area contributed by atoms with Gasteiger partial charge in [0.05, 0.1) is 34.7 Å². The molecule has 0 bridgehead atoms. The molecule has 0 saturated heterocycles. The summed E-state index contributed by atoms with van der Waals surface area (Å²) in [6.07, 6.45) is 0.507. The van der Waals surface area contributed by atoms with Crippen molar-refractivity contribution in [1.29, 1.82) is 0 Å². The molecule has 3 rings (SSSR count). The monoisotopic (exact) mass is 392 g/mol. The molecule has 5 nitrogen and oxygen atoms in total. The van der Waals surface area contributed by atoms with Crippen molar-refractivity contribution < 1.29 is 14.3 Å². The maximum absolute atomic E-state index is 12.4. The Morgan fingerprint density at radius 3 is 2.35 bits per heavy atom. The van der Waals surface area contributed by atoms with Crippen LogP contribution >= 0.6 is 23.2 Å². The van der Waals surface area contributed by atoms with E-state index in [2.05, 4.69) is 10.6 Å². The molecule has 1 aliphatic rings. The highest BCUT2D eigenvalue weighted by atomic mass is 35.5. The van der Waals surface area contributed by atoms with E-state index in [1.165, 1.54) is 0 Å². The van der Waals surface area contributed by atoms with Gasteiger partial charge in [-0.1, -0.05) is 29.3 Å². The highest BCUT2D eigenvalue weighted by Gasteiger charge is 2.48. The van der Waals surface area contributed by atoms with Crippen molar-refractivity contribution in [3.05, 3.63) is 52.0 Å². The quantitative estimate of drug-likeness (QED) is 0.785. The number of carbonyl (C=O) groups excluding carboxylic acids is 2. The van der Waals surface area contributed by atoms with Crippen LogP contribution in [0.3, 0.4) is 0 Å². The first-order valence-electron chi connectivity index (χ1n) is 8.10. The van der Waals surface area contributed by atoms with Gasteiger partial charge in [-0.3, -0.25) is 9.59 Å². The zero-order valence-corrected chi connectivity index (χ0v) is 15.8. The lowest BCUT2D eigenvalue weighted by Gasteiger charge is -2.11. The third-order valence-corrected chi connectivity index (χ3v) is 5.00. The van der Waals surface area contributed by atoms with Crippen LogP contribution in [0.2, 0.25) is 10.0 Å². The van der Waals surface area contributed by atoms with Crippen LogP contribution in [0.5, 0.6) is 5.75 Å². The topological polar surface area (TPSA) is 67.4 Å². The van der Waals surface area contributed by atoms with Gasteiger partial charge in [-0.15, -0.1) is 0 Å². The summed E-state index contributed by atoms with van der Waals surface area (Å²) in [5.74, 6) is -0.535. The summed E-state index contributed by atoms with van der Waals surface area (Å²) < 4.78 is 5.26. The highest BCUT2D eigenvalue weighted by Crippen LogP contribution is 2.41. The minimum atomic E-state index is -0.361. The van der Waals surface area contributed by atoms with Crippen molar-refractivity contribution >= 4 is 46.4 Å². The predicted molar refractivity (Wildman–Crippen MR) is 103 cm³/mol. The Morgan fingerprint density at radius 2 is 1.69 bits per heavy atom. The number of benzene rings is 2. The average molecular weight is 393 g/mol. The van der Waals surface area contributed by atoms with Gasteiger partial charge in [0.25, 0.3) is 0 Å². The molecule has 7 heteroatoms. The van der Waals surface area contributed by atoms with Gasteiger partial charge in [-0.05, 0) is 49.2 Å². The van der Waals surface area contributed by atoms with Crippen molar-refractivity contribution in [3.8, 4) is 5.75 Å². The van der Waals surface area contributed by atoms with Gasteiger partial charge in [0.15, 0.2) is 0 Å². The van der Waals surface area contributed by atoms with Crippen LogP contribution in [0.4, 0.5) is 11.4 Å². The smallest absolute Gasteiger partial charge is 0.228 e. The number of hydrogen-bond acceptors (Lipinski definition) is 3. The number of halogens is 2. The fraction of sp³-hybridized carbons (Fsp3) is 0.263. The van der Waals surface area contributed by atoms with Crippen LogP contribution in [0.15, 0.2) is 36.4 Å². The van der Waals surface area contributed by atoms with E-state index in [1.807, 2.05) is 19.1 Å². The fourth-order valence-electron chi connectivity index (χ4n) is 2.73. The van der Waals surface area contributed by atoms with E-state index in [0.717, 1.165) is 5.56 Å². The van der Waals surface area contributed by atoms with Gasteiger partial charge in [0, 0.05) is 5.69 Å². The lowest BCUT2D eigenvalue weighted by molar-refractivity contribution is -0.122. The first-order chi connectivity index (χ1) is 12.4. The SMILES string of the molecule is COc1ccc(C)cc1NC(=O)C1CC1C(=O)Nc1ccc(Cl)c(Cl)c1. The van der Waals surface area contributed by atoms with E-state index in [-0.39, 0.29) is 23.7 Å².